The van der Waals surface area contributed by atoms with Gasteiger partial charge in [0, 0.05) is 5.38 Å². The van der Waals surface area contributed by atoms with Crippen LogP contribution in [0.5, 0.6) is 0 Å². The van der Waals surface area contributed by atoms with E-state index >= 15 is 0 Å². The van der Waals surface area contributed by atoms with E-state index in [-0.39, 0.29) is 12.3 Å². The van der Waals surface area contributed by atoms with Gasteiger partial charge in [-0.25, -0.2) is 9.78 Å². The van der Waals surface area contributed by atoms with Crippen LogP contribution in [0.3, 0.4) is 0 Å². The van der Waals surface area contributed by atoms with Crippen LogP contribution in [0.4, 0.5) is 5.13 Å². The normalized spacial score (nSPS) is 14.0. The van der Waals surface area contributed by atoms with Crippen molar-refractivity contribution in [3.63, 3.8) is 0 Å². The van der Waals surface area contributed by atoms with Gasteiger partial charge in [-0.1, -0.05) is 6.92 Å². The Morgan fingerprint density at radius 3 is 2.71 bits per heavy atom. The highest BCUT2D eigenvalue weighted by Gasteiger charge is 2.32. The van der Waals surface area contributed by atoms with Gasteiger partial charge in [0.2, 0.25) is 5.91 Å². The number of amides is 1. The molecule has 0 aliphatic rings. The minimum atomic E-state index is -1.24. The summed E-state index contributed by atoms with van der Waals surface area (Å²) in [6, 6.07) is 0. The summed E-state index contributed by atoms with van der Waals surface area (Å²) >= 11 is 1.25. The van der Waals surface area contributed by atoms with Crippen molar-refractivity contribution >= 4 is 28.3 Å². The monoisotopic (exact) mass is 257 g/mol. The molecule has 1 unspecified atom stereocenters. The van der Waals surface area contributed by atoms with Crippen LogP contribution in [0.15, 0.2) is 5.38 Å². The molecular formula is C10H15N3O3S. The summed E-state index contributed by atoms with van der Waals surface area (Å²) in [6.07, 6.45) is 0.351. The van der Waals surface area contributed by atoms with Gasteiger partial charge in [0.25, 0.3) is 0 Å². The average Bonchev–Trinajstić information content (AvgIpc) is 2.63. The number of aromatic nitrogens is 1. The summed E-state index contributed by atoms with van der Waals surface area (Å²) in [5.41, 5.74) is 4.75. The Kier molecular flexibility index (Phi) is 4.06. The zero-order chi connectivity index (χ0) is 13.1. The number of nitrogens with one attached hydrogen (secondary N) is 1. The molecular weight excluding hydrogens is 242 g/mol. The van der Waals surface area contributed by atoms with E-state index in [1.165, 1.54) is 18.3 Å². The summed E-state index contributed by atoms with van der Waals surface area (Å²) in [5, 5.41) is 13.6. The number of carbonyl (C=O) groups is 2. The van der Waals surface area contributed by atoms with E-state index in [0.29, 0.717) is 17.2 Å². The van der Waals surface area contributed by atoms with Crippen LogP contribution in [0.1, 0.15) is 26.0 Å². The Bertz CT molecular complexity index is 432. The average molecular weight is 257 g/mol. The van der Waals surface area contributed by atoms with Gasteiger partial charge in [-0.15, -0.1) is 11.3 Å². The summed E-state index contributed by atoms with van der Waals surface area (Å²) in [7, 11) is 0. The number of nitrogens with two attached hydrogens (primary N) is 1. The first-order chi connectivity index (χ1) is 7.87. The molecule has 0 radical (unpaired) electrons. The number of aliphatic carboxylic acids is 1. The first-order valence-corrected chi connectivity index (χ1v) is 5.99. The van der Waals surface area contributed by atoms with Crippen LogP contribution in [0.25, 0.3) is 0 Å². The first-order valence-electron chi connectivity index (χ1n) is 5.11. The van der Waals surface area contributed by atoms with E-state index in [1.54, 1.807) is 12.3 Å². The molecule has 1 amide bonds. The zero-order valence-electron chi connectivity index (χ0n) is 9.69. The largest absolute Gasteiger partial charge is 0.480 e. The van der Waals surface area contributed by atoms with Gasteiger partial charge in [-0.05, 0) is 13.3 Å². The molecule has 4 N–H and O–H groups in total. The number of nitrogen functional groups attached to an aromatic ring is 1. The van der Waals surface area contributed by atoms with Gasteiger partial charge in [0.1, 0.15) is 5.54 Å². The molecule has 1 heterocycles. The van der Waals surface area contributed by atoms with Crippen molar-refractivity contribution in [3.05, 3.63) is 11.1 Å². The second-order valence-corrected chi connectivity index (χ2v) is 4.78. The van der Waals surface area contributed by atoms with Crippen molar-refractivity contribution in [3.8, 4) is 0 Å². The Morgan fingerprint density at radius 1 is 1.65 bits per heavy atom. The second-order valence-electron chi connectivity index (χ2n) is 3.89. The SMILES string of the molecule is CCC(C)(NC(=O)Cc1csc(N)n1)C(=O)O. The van der Waals surface area contributed by atoms with Gasteiger partial charge < -0.3 is 16.2 Å². The Labute approximate surface area is 103 Å². The Balaban J connectivity index is 2.63. The second kappa shape index (κ2) is 5.13. The minimum Gasteiger partial charge on any atom is -0.480 e. The van der Waals surface area contributed by atoms with Gasteiger partial charge in [0.05, 0.1) is 12.1 Å². The molecule has 94 valence electrons. The van der Waals surface area contributed by atoms with E-state index < -0.39 is 11.5 Å². The fourth-order valence-electron chi connectivity index (χ4n) is 1.21. The van der Waals surface area contributed by atoms with E-state index in [2.05, 4.69) is 10.3 Å². The lowest BCUT2D eigenvalue weighted by Gasteiger charge is -2.24. The molecule has 17 heavy (non-hydrogen) atoms. The van der Waals surface area contributed by atoms with Crippen LogP contribution in [-0.4, -0.2) is 27.5 Å². The predicted molar refractivity (Wildman–Crippen MR) is 64.7 cm³/mol. The number of anilines is 1. The minimum absolute atomic E-state index is 0.0383. The third-order valence-corrected chi connectivity index (χ3v) is 3.23. The molecule has 0 aliphatic heterocycles. The number of carboxylic acid groups (broad SMARTS) is 1. The number of thiazole rings is 1. The Hall–Kier alpha value is -1.63. The first kappa shape index (κ1) is 13.4. The maximum Gasteiger partial charge on any atom is 0.329 e. The van der Waals surface area contributed by atoms with Crippen molar-refractivity contribution in [1.29, 1.82) is 0 Å². The van der Waals surface area contributed by atoms with Crippen LogP contribution in [0.2, 0.25) is 0 Å². The van der Waals surface area contributed by atoms with Gasteiger partial charge >= 0.3 is 5.97 Å². The molecule has 1 aromatic heterocycles. The maximum absolute atomic E-state index is 11.7. The molecule has 1 atom stereocenters. The van der Waals surface area contributed by atoms with Crippen molar-refractivity contribution < 1.29 is 14.7 Å². The maximum atomic E-state index is 11.7. The van der Waals surface area contributed by atoms with Gasteiger partial charge in [-0.3, -0.25) is 4.79 Å². The predicted octanol–water partition coefficient (Wildman–Crippen LogP) is 0.637. The topological polar surface area (TPSA) is 105 Å². The van der Waals surface area contributed by atoms with Crippen LogP contribution >= 0.6 is 11.3 Å². The molecule has 0 saturated carbocycles. The fraction of sp³-hybridized carbons (Fsp3) is 0.500. The van der Waals surface area contributed by atoms with Crippen molar-refractivity contribution in [2.45, 2.75) is 32.2 Å². The molecule has 0 spiro atoms. The molecule has 7 heteroatoms. The van der Waals surface area contributed by atoms with E-state index in [0.717, 1.165) is 0 Å². The van der Waals surface area contributed by atoms with Crippen molar-refractivity contribution in [1.82, 2.24) is 10.3 Å². The summed E-state index contributed by atoms with van der Waals surface area (Å²) in [5.74, 6) is -1.42. The summed E-state index contributed by atoms with van der Waals surface area (Å²) in [4.78, 5) is 26.6. The quantitative estimate of drug-likeness (QED) is 0.717. The summed E-state index contributed by atoms with van der Waals surface area (Å²) < 4.78 is 0. The number of carboxylic acids is 1. The smallest absolute Gasteiger partial charge is 0.329 e. The highest BCUT2D eigenvalue weighted by Crippen LogP contribution is 2.13. The number of hydrogen-bond donors (Lipinski definition) is 3. The lowest BCUT2D eigenvalue weighted by molar-refractivity contribution is -0.146. The molecule has 1 rings (SSSR count). The molecule has 6 nitrogen and oxygen atoms in total. The number of nitrogens with zero attached hydrogens (tertiary/aromatic N) is 1. The summed E-state index contributed by atoms with van der Waals surface area (Å²) in [6.45, 7) is 3.18. The highest BCUT2D eigenvalue weighted by atomic mass is 32.1. The van der Waals surface area contributed by atoms with Crippen molar-refractivity contribution in [2.24, 2.45) is 0 Å². The third-order valence-electron chi connectivity index (χ3n) is 2.51. The zero-order valence-corrected chi connectivity index (χ0v) is 10.5. The van der Waals surface area contributed by atoms with E-state index in [9.17, 15) is 9.59 Å². The standard InChI is InChI=1S/C10H15N3O3S/c1-3-10(2,8(15)16)13-7(14)4-6-5-17-9(11)12-6/h5H,3-4H2,1-2H3,(H2,11,12)(H,13,14)(H,15,16). The third kappa shape index (κ3) is 3.42. The fourth-order valence-corrected chi connectivity index (χ4v) is 1.78. The molecule has 0 aromatic carbocycles. The molecule has 0 aliphatic carbocycles. The van der Waals surface area contributed by atoms with Gasteiger partial charge in [0.15, 0.2) is 5.13 Å². The van der Waals surface area contributed by atoms with Crippen LogP contribution < -0.4 is 11.1 Å². The lowest BCUT2D eigenvalue weighted by Crippen LogP contribution is -2.52. The van der Waals surface area contributed by atoms with E-state index in [4.69, 9.17) is 10.8 Å². The number of hydrogen-bond acceptors (Lipinski definition) is 5. The molecule has 1 aromatic rings. The van der Waals surface area contributed by atoms with Crippen molar-refractivity contribution in [2.75, 3.05) is 5.73 Å². The van der Waals surface area contributed by atoms with E-state index in [1.807, 2.05) is 0 Å². The number of carbonyl (C=O) groups excluding carboxylic acids is 1. The van der Waals surface area contributed by atoms with Crippen LogP contribution in [-0.2, 0) is 16.0 Å². The number of rotatable bonds is 5. The highest BCUT2D eigenvalue weighted by molar-refractivity contribution is 7.13. The Morgan fingerprint density at radius 2 is 2.29 bits per heavy atom. The lowest BCUT2D eigenvalue weighted by atomic mass is 9.99. The van der Waals surface area contributed by atoms with Crippen LogP contribution in [0, 0.1) is 0 Å². The molecule has 0 bridgehead atoms. The van der Waals surface area contributed by atoms with Gasteiger partial charge in [-0.2, -0.15) is 0 Å². The molecule has 0 saturated heterocycles. The molecule has 0 fully saturated rings.